The van der Waals surface area contributed by atoms with Crippen LogP contribution in [0.5, 0.6) is 0 Å². The first kappa shape index (κ1) is 13.1. The Hall–Kier alpha value is -0.940. The minimum Gasteiger partial charge on any atom is -0.298 e. The van der Waals surface area contributed by atoms with Gasteiger partial charge in [0.25, 0.3) is 0 Å². The number of carbonyl (C=O) groups excluding carboxylic acids is 1. The summed E-state index contributed by atoms with van der Waals surface area (Å²) in [5.74, 6) is 0.725. The zero-order valence-electron chi connectivity index (χ0n) is 10.9. The Labute approximate surface area is 124 Å². The summed E-state index contributed by atoms with van der Waals surface area (Å²) < 4.78 is 3.03. The van der Waals surface area contributed by atoms with Crippen LogP contribution in [0, 0.1) is 12.8 Å². The molecular weight excluding hydrogens is 324 g/mol. The van der Waals surface area contributed by atoms with Gasteiger partial charge in [0, 0.05) is 16.6 Å². The molecule has 1 aliphatic rings. The molecule has 1 aliphatic carbocycles. The van der Waals surface area contributed by atoms with Crippen molar-refractivity contribution in [3.63, 3.8) is 0 Å². The summed E-state index contributed by atoms with van der Waals surface area (Å²) in [5, 5.41) is 4.66. The second-order valence-electron chi connectivity index (χ2n) is 5.13. The molecule has 1 atom stereocenters. The van der Waals surface area contributed by atoms with E-state index in [0.29, 0.717) is 11.6 Å². The Morgan fingerprint density at radius 3 is 2.84 bits per heavy atom. The fourth-order valence-electron chi connectivity index (χ4n) is 2.39. The quantitative estimate of drug-likeness (QED) is 0.771. The molecule has 19 heavy (non-hydrogen) atoms. The van der Waals surface area contributed by atoms with E-state index < -0.39 is 0 Å². The summed E-state index contributed by atoms with van der Waals surface area (Å²) in [5.41, 5.74) is 2.54. The van der Waals surface area contributed by atoms with Crippen molar-refractivity contribution in [1.82, 2.24) is 9.78 Å². The predicted octanol–water partition coefficient (Wildman–Crippen LogP) is 4.47. The maximum absolute atomic E-state index is 11.3. The van der Waals surface area contributed by atoms with Crippen molar-refractivity contribution in [3.05, 3.63) is 26.5 Å². The van der Waals surface area contributed by atoms with Gasteiger partial charge in [-0.15, -0.1) is 11.3 Å². The lowest BCUT2D eigenvalue weighted by molar-refractivity contribution is 0.112. The first-order valence-corrected chi connectivity index (χ1v) is 8.01. The number of carbonyl (C=O) groups is 1. The van der Waals surface area contributed by atoms with Crippen LogP contribution in [0.1, 0.15) is 41.0 Å². The molecule has 0 saturated heterocycles. The van der Waals surface area contributed by atoms with Crippen molar-refractivity contribution in [1.29, 1.82) is 0 Å². The van der Waals surface area contributed by atoms with E-state index in [1.54, 1.807) is 11.3 Å². The lowest BCUT2D eigenvalue weighted by atomic mass is 10.1. The van der Waals surface area contributed by atoms with Crippen LogP contribution in [0.25, 0.3) is 11.3 Å². The standard InChI is InChI=1S/C14H15BrN2OS/c1-8(10-3-4-10)17-6-11(7-18)14(16-17)12-5-13(15)19-9(12)2/h5-8,10H,3-4H2,1-2H3. The molecular formula is C14H15BrN2OS. The lowest BCUT2D eigenvalue weighted by Crippen LogP contribution is -2.07. The average molecular weight is 339 g/mol. The zero-order valence-corrected chi connectivity index (χ0v) is 13.3. The molecule has 2 aromatic rings. The molecule has 3 rings (SSSR count). The van der Waals surface area contributed by atoms with Crippen LogP contribution >= 0.6 is 27.3 Å². The van der Waals surface area contributed by atoms with Gasteiger partial charge >= 0.3 is 0 Å². The molecule has 100 valence electrons. The number of rotatable bonds is 4. The van der Waals surface area contributed by atoms with Crippen molar-refractivity contribution in [2.24, 2.45) is 5.92 Å². The minimum atomic E-state index is 0.384. The number of nitrogens with zero attached hydrogens (tertiary/aromatic N) is 2. The first-order valence-electron chi connectivity index (χ1n) is 6.40. The van der Waals surface area contributed by atoms with E-state index in [0.717, 1.165) is 27.2 Å². The van der Waals surface area contributed by atoms with Gasteiger partial charge in [0.1, 0.15) is 5.69 Å². The highest BCUT2D eigenvalue weighted by molar-refractivity contribution is 9.11. The topological polar surface area (TPSA) is 34.9 Å². The predicted molar refractivity (Wildman–Crippen MR) is 80.8 cm³/mol. The average Bonchev–Trinajstić information content (AvgIpc) is 3.05. The number of halogens is 1. The SMILES string of the molecule is Cc1sc(Br)cc1-c1nn(C(C)C2CC2)cc1C=O. The molecule has 0 bridgehead atoms. The van der Waals surface area contributed by atoms with Crippen molar-refractivity contribution in [2.45, 2.75) is 32.7 Å². The summed E-state index contributed by atoms with van der Waals surface area (Å²) in [6.07, 6.45) is 5.34. The minimum absolute atomic E-state index is 0.384. The van der Waals surface area contributed by atoms with E-state index >= 15 is 0 Å². The highest BCUT2D eigenvalue weighted by Gasteiger charge is 2.30. The molecule has 0 aliphatic heterocycles. The fourth-order valence-corrected chi connectivity index (χ4v) is 4.08. The van der Waals surface area contributed by atoms with E-state index in [1.807, 2.05) is 16.9 Å². The number of thiophene rings is 1. The molecule has 2 heterocycles. The number of hydrogen-bond acceptors (Lipinski definition) is 3. The van der Waals surface area contributed by atoms with Crippen LogP contribution in [-0.4, -0.2) is 16.1 Å². The molecule has 0 spiro atoms. The number of hydrogen-bond donors (Lipinski definition) is 0. The van der Waals surface area contributed by atoms with Crippen LogP contribution < -0.4 is 0 Å². The maximum Gasteiger partial charge on any atom is 0.153 e. The number of aldehydes is 1. The molecule has 0 amide bonds. The zero-order chi connectivity index (χ0) is 13.6. The molecule has 5 heteroatoms. The normalized spacial score (nSPS) is 16.6. The Morgan fingerprint density at radius 1 is 1.58 bits per heavy atom. The monoisotopic (exact) mass is 338 g/mol. The van der Waals surface area contributed by atoms with Gasteiger partial charge in [0.2, 0.25) is 0 Å². The second-order valence-corrected chi connectivity index (χ2v) is 7.76. The Kier molecular flexibility index (Phi) is 3.35. The van der Waals surface area contributed by atoms with Gasteiger partial charge in [-0.3, -0.25) is 9.48 Å². The molecule has 2 aromatic heterocycles. The Morgan fingerprint density at radius 2 is 2.32 bits per heavy atom. The fraction of sp³-hybridized carbons (Fsp3) is 0.429. The van der Waals surface area contributed by atoms with Crippen LogP contribution in [0.4, 0.5) is 0 Å². The van der Waals surface area contributed by atoms with E-state index in [9.17, 15) is 4.79 Å². The van der Waals surface area contributed by atoms with Crippen molar-refractivity contribution < 1.29 is 4.79 Å². The Bertz CT molecular complexity index is 627. The Balaban J connectivity index is 2.04. The molecule has 0 aromatic carbocycles. The number of aryl methyl sites for hydroxylation is 1. The van der Waals surface area contributed by atoms with E-state index in [4.69, 9.17) is 0 Å². The lowest BCUT2D eigenvalue weighted by Gasteiger charge is -2.09. The molecule has 1 saturated carbocycles. The van der Waals surface area contributed by atoms with Gasteiger partial charge in [-0.1, -0.05) is 0 Å². The van der Waals surface area contributed by atoms with Crippen molar-refractivity contribution in [3.8, 4) is 11.3 Å². The van der Waals surface area contributed by atoms with E-state index in [-0.39, 0.29) is 0 Å². The number of aromatic nitrogens is 2. The molecule has 1 fully saturated rings. The van der Waals surface area contributed by atoms with Gasteiger partial charge < -0.3 is 0 Å². The van der Waals surface area contributed by atoms with Crippen molar-refractivity contribution >= 4 is 33.6 Å². The van der Waals surface area contributed by atoms with Crippen LogP contribution in [0.15, 0.2) is 16.0 Å². The largest absolute Gasteiger partial charge is 0.298 e. The first-order chi connectivity index (χ1) is 9.10. The molecule has 3 nitrogen and oxygen atoms in total. The third kappa shape index (κ3) is 2.41. The third-order valence-corrected chi connectivity index (χ3v) is 5.31. The maximum atomic E-state index is 11.3. The van der Waals surface area contributed by atoms with Gasteiger partial charge in [0.05, 0.1) is 15.4 Å². The highest BCUT2D eigenvalue weighted by Crippen LogP contribution is 2.40. The van der Waals surface area contributed by atoms with Gasteiger partial charge in [-0.05, 0) is 54.6 Å². The molecule has 0 N–H and O–H groups in total. The van der Waals surface area contributed by atoms with Crippen LogP contribution in [0.2, 0.25) is 0 Å². The highest BCUT2D eigenvalue weighted by atomic mass is 79.9. The van der Waals surface area contributed by atoms with Gasteiger partial charge in [-0.25, -0.2) is 0 Å². The summed E-state index contributed by atoms with van der Waals surface area (Å²) in [6.45, 7) is 4.24. The van der Waals surface area contributed by atoms with Crippen LogP contribution in [-0.2, 0) is 0 Å². The summed E-state index contributed by atoms with van der Waals surface area (Å²) >= 11 is 5.16. The van der Waals surface area contributed by atoms with Gasteiger partial charge in [0.15, 0.2) is 6.29 Å². The smallest absolute Gasteiger partial charge is 0.153 e. The summed E-state index contributed by atoms with van der Waals surface area (Å²) in [4.78, 5) is 12.5. The summed E-state index contributed by atoms with van der Waals surface area (Å²) in [7, 11) is 0. The third-order valence-electron chi connectivity index (χ3n) is 3.75. The van der Waals surface area contributed by atoms with Gasteiger partial charge in [-0.2, -0.15) is 5.10 Å². The van der Waals surface area contributed by atoms with E-state index in [1.165, 1.54) is 17.7 Å². The van der Waals surface area contributed by atoms with Crippen LogP contribution in [0.3, 0.4) is 0 Å². The van der Waals surface area contributed by atoms with Crippen molar-refractivity contribution in [2.75, 3.05) is 0 Å². The summed E-state index contributed by atoms with van der Waals surface area (Å²) in [6, 6.07) is 2.43. The molecule has 0 radical (unpaired) electrons. The molecule has 1 unspecified atom stereocenters. The second kappa shape index (κ2) is 4.87. The van der Waals surface area contributed by atoms with E-state index in [2.05, 4.69) is 34.9 Å².